The molecule has 0 saturated carbocycles. The van der Waals surface area contributed by atoms with Gasteiger partial charge in [-0.15, -0.1) is 0 Å². The number of fused-ring (bicyclic) bond motifs is 1. The van der Waals surface area contributed by atoms with Crippen LogP contribution in [0.25, 0.3) is 0 Å². The third-order valence-electron chi connectivity index (χ3n) is 5.36. The Morgan fingerprint density at radius 2 is 1.75 bits per heavy atom. The van der Waals surface area contributed by atoms with E-state index in [1.54, 1.807) is 0 Å². The molecular formula is C24H30N2O2. The smallest absolute Gasteiger partial charge is 0.251 e. The first-order chi connectivity index (χ1) is 13.3. The minimum Gasteiger partial charge on any atom is -0.352 e. The van der Waals surface area contributed by atoms with Gasteiger partial charge in [-0.1, -0.05) is 57.2 Å². The maximum Gasteiger partial charge on any atom is 0.251 e. The number of carbonyl (C=O) groups excluding carboxylic acids is 2. The van der Waals surface area contributed by atoms with E-state index in [-0.39, 0.29) is 29.7 Å². The number of aryl methyl sites for hydroxylation is 1. The minimum absolute atomic E-state index is 0.0231. The molecule has 0 bridgehead atoms. The van der Waals surface area contributed by atoms with Gasteiger partial charge in [-0.25, -0.2) is 0 Å². The predicted molar refractivity (Wildman–Crippen MR) is 112 cm³/mol. The molecule has 0 radical (unpaired) electrons. The van der Waals surface area contributed by atoms with E-state index < -0.39 is 0 Å². The van der Waals surface area contributed by atoms with Gasteiger partial charge in [0.2, 0.25) is 5.91 Å². The summed E-state index contributed by atoms with van der Waals surface area (Å²) in [7, 11) is 0. The van der Waals surface area contributed by atoms with Crippen LogP contribution in [0.4, 0.5) is 0 Å². The SMILES string of the molecule is CC(C)(C)c1ccc(C(=O)NCCC(=O)N[C@@H]2CCCc3ccccc32)cc1. The molecule has 4 nitrogen and oxygen atoms in total. The molecule has 0 saturated heterocycles. The van der Waals surface area contributed by atoms with Crippen molar-refractivity contribution in [3.8, 4) is 0 Å². The molecule has 28 heavy (non-hydrogen) atoms. The molecule has 4 heteroatoms. The van der Waals surface area contributed by atoms with E-state index in [4.69, 9.17) is 0 Å². The van der Waals surface area contributed by atoms with Crippen molar-refractivity contribution in [2.75, 3.05) is 6.54 Å². The molecule has 0 aliphatic heterocycles. The summed E-state index contributed by atoms with van der Waals surface area (Å²) < 4.78 is 0. The Hall–Kier alpha value is -2.62. The van der Waals surface area contributed by atoms with Crippen LogP contribution >= 0.6 is 0 Å². The van der Waals surface area contributed by atoms with Crippen molar-refractivity contribution in [1.82, 2.24) is 10.6 Å². The Morgan fingerprint density at radius 1 is 1.04 bits per heavy atom. The van der Waals surface area contributed by atoms with E-state index in [2.05, 4.69) is 43.5 Å². The highest BCUT2D eigenvalue weighted by molar-refractivity contribution is 5.94. The van der Waals surface area contributed by atoms with E-state index in [9.17, 15) is 9.59 Å². The summed E-state index contributed by atoms with van der Waals surface area (Å²) in [5, 5.41) is 5.97. The fourth-order valence-corrected chi connectivity index (χ4v) is 3.68. The molecule has 0 unspecified atom stereocenters. The third kappa shape index (κ3) is 5.00. The molecule has 1 aliphatic carbocycles. The number of amides is 2. The Balaban J connectivity index is 1.47. The first kappa shape index (κ1) is 20.1. The van der Waals surface area contributed by atoms with E-state index >= 15 is 0 Å². The van der Waals surface area contributed by atoms with Crippen molar-refractivity contribution in [1.29, 1.82) is 0 Å². The number of hydrogen-bond donors (Lipinski definition) is 2. The number of benzene rings is 2. The quantitative estimate of drug-likeness (QED) is 0.815. The molecule has 0 fully saturated rings. The van der Waals surface area contributed by atoms with Crippen LogP contribution < -0.4 is 10.6 Å². The van der Waals surface area contributed by atoms with Crippen LogP contribution in [0, 0.1) is 0 Å². The molecule has 2 aromatic carbocycles. The third-order valence-corrected chi connectivity index (χ3v) is 5.36. The molecule has 2 N–H and O–H groups in total. The molecular weight excluding hydrogens is 348 g/mol. The zero-order valence-electron chi connectivity index (χ0n) is 17.0. The zero-order chi connectivity index (χ0) is 20.1. The minimum atomic E-state index is -0.142. The van der Waals surface area contributed by atoms with Crippen LogP contribution in [0.2, 0.25) is 0 Å². The van der Waals surface area contributed by atoms with Gasteiger partial charge in [-0.2, -0.15) is 0 Å². The molecule has 2 aromatic rings. The average molecular weight is 379 g/mol. The number of nitrogens with one attached hydrogen (secondary N) is 2. The summed E-state index contributed by atoms with van der Waals surface area (Å²) in [4.78, 5) is 24.6. The molecule has 0 spiro atoms. The monoisotopic (exact) mass is 378 g/mol. The zero-order valence-corrected chi connectivity index (χ0v) is 17.0. The van der Waals surface area contributed by atoms with Gasteiger partial charge < -0.3 is 10.6 Å². The van der Waals surface area contributed by atoms with Crippen LogP contribution in [0.3, 0.4) is 0 Å². The normalized spacial score (nSPS) is 16.2. The largest absolute Gasteiger partial charge is 0.352 e. The fraction of sp³-hybridized carbons (Fsp3) is 0.417. The van der Waals surface area contributed by atoms with Gasteiger partial charge in [0.05, 0.1) is 6.04 Å². The van der Waals surface area contributed by atoms with E-state index in [1.165, 1.54) is 16.7 Å². The van der Waals surface area contributed by atoms with Crippen molar-refractivity contribution in [2.24, 2.45) is 0 Å². The van der Waals surface area contributed by atoms with Crippen LogP contribution in [-0.2, 0) is 16.6 Å². The van der Waals surface area contributed by atoms with Crippen molar-refractivity contribution >= 4 is 11.8 Å². The van der Waals surface area contributed by atoms with Crippen molar-refractivity contribution in [2.45, 2.75) is 57.9 Å². The van der Waals surface area contributed by atoms with E-state index in [0.717, 1.165) is 19.3 Å². The van der Waals surface area contributed by atoms with E-state index in [1.807, 2.05) is 36.4 Å². The van der Waals surface area contributed by atoms with Gasteiger partial charge in [0.15, 0.2) is 0 Å². The Labute approximate surface area is 167 Å². The first-order valence-corrected chi connectivity index (χ1v) is 10.1. The highest BCUT2D eigenvalue weighted by atomic mass is 16.2. The van der Waals surface area contributed by atoms with Gasteiger partial charge >= 0.3 is 0 Å². The lowest BCUT2D eigenvalue weighted by Gasteiger charge is -2.26. The molecule has 0 heterocycles. The second-order valence-corrected chi connectivity index (χ2v) is 8.54. The van der Waals surface area contributed by atoms with Gasteiger partial charge in [-0.05, 0) is 53.5 Å². The lowest BCUT2D eigenvalue weighted by atomic mass is 9.87. The maximum atomic E-state index is 12.3. The van der Waals surface area contributed by atoms with Crippen LogP contribution in [0.15, 0.2) is 48.5 Å². The number of carbonyl (C=O) groups is 2. The lowest BCUT2D eigenvalue weighted by Crippen LogP contribution is -2.34. The summed E-state index contributed by atoms with van der Waals surface area (Å²) in [6, 6.07) is 16.1. The molecule has 1 aliphatic rings. The summed E-state index contributed by atoms with van der Waals surface area (Å²) in [5.74, 6) is -0.165. The molecule has 2 amide bonds. The Bertz CT molecular complexity index is 834. The van der Waals surface area contributed by atoms with Crippen molar-refractivity contribution < 1.29 is 9.59 Å². The highest BCUT2D eigenvalue weighted by Gasteiger charge is 2.21. The standard InChI is InChI=1S/C24H30N2O2/c1-24(2,3)19-13-11-18(12-14-19)23(28)25-16-15-22(27)26-21-10-6-8-17-7-4-5-9-20(17)21/h4-5,7,9,11-14,21H,6,8,10,15-16H2,1-3H3,(H,25,28)(H,26,27)/t21-/m1/s1. The summed E-state index contributed by atoms with van der Waals surface area (Å²) in [6.45, 7) is 6.77. The van der Waals surface area contributed by atoms with Crippen LogP contribution in [-0.4, -0.2) is 18.4 Å². The second-order valence-electron chi connectivity index (χ2n) is 8.54. The summed E-state index contributed by atoms with van der Waals surface area (Å²) in [5.41, 5.74) is 4.42. The van der Waals surface area contributed by atoms with Crippen molar-refractivity contribution in [3.05, 3.63) is 70.8 Å². The number of rotatable bonds is 5. The second kappa shape index (κ2) is 8.59. The topological polar surface area (TPSA) is 58.2 Å². The number of hydrogen-bond acceptors (Lipinski definition) is 2. The summed E-state index contributed by atoms with van der Waals surface area (Å²) >= 11 is 0. The molecule has 3 rings (SSSR count). The highest BCUT2D eigenvalue weighted by Crippen LogP contribution is 2.29. The van der Waals surface area contributed by atoms with Gasteiger partial charge in [0.1, 0.15) is 0 Å². The molecule has 148 valence electrons. The maximum absolute atomic E-state index is 12.3. The average Bonchev–Trinajstić information content (AvgIpc) is 2.67. The van der Waals surface area contributed by atoms with Crippen LogP contribution in [0.5, 0.6) is 0 Å². The molecule has 1 atom stereocenters. The van der Waals surface area contributed by atoms with Gasteiger partial charge in [0, 0.05) is 18.5 Å². The first-order valence-electron chi connectivity index (χ1n) is 10.1. The van der Waals surface area contributed by atoms with Gasteiger partial charge in [0.25, 0.3) is 5.91 Å². The Morgan fingerprint density at radius 3 is 2.46 bits per heavy atom. The van der Waals surface area contributed by atoms with Crippen molar-refractivity contribution in [3.63, 3.8) is 0 Å². The predicted octanol–water partition coefficient (Wildman–Crippen LogP) is 4.30. The summed E-state index contributed by atoms with van der Waals surface area (Å²) in [6.07, 6.45) is 3.41. The van der Waals surface area contributed by atoms with Crippen LogP contribution in [0.1, 0.15) is 73.1 Å². The fourth-order valence-electron chi connectivity index (χ4n) is 3.68. The molecule has 0 aromatic heterocycles. The van der Waals surface area contributed by atoms with Gasteiger partial charge in [-0.3, -0.25) is 9.59 Å². The van der Waals surface area contributed by atoms with E-state index in [0.29, 0.717) is 12.1 Å². The Kier molecular flexibility index (Phi) is 6.18. The lowest BCUT2D eigenvalue weighted by molar-refractivity contribution is -0.121.